The molecule has 1 fully saturated rings. The van der Waals surface area contributed by atoms with Crippen LogP contribution < -0.4 is 10.0 Å². The van der Waals surface area contributed by atoms with E-state index in [1.165, 1.54) is 0 Å². The summed E-state index contributed by atoms with van der Waals surface area (Å²) in [7, 11) is -3.44. The number of sulfonamides is 1. The lowest BCUT2D eigenvalue weighted by molar-refractivity contribution is -0.143. The average molecular weight is 340 g/mol. The predicted octanol–water partition coefficient (Wildman–Crippen LogP) is 1.89. The minimum absolute atomic E-state index is 0.211. The van der Waals surface area contributed by atoms with Crippen molar-refractivity contribution in [1.82, 2.24) is 0 Å². The third-order valence-electron chi connectivity index (χ3n) is 3.93. The Labute approximate surface area is 135 Å². The van der Waals surface area contributed by atoms with E-state index in [4.69, 9.17) is 5.11 Å². The molecule has 7 nitrogen and oxygen atoms in total. The highest BCUT2D eigenvalue weighted by Gasteiger charge is 2.30. The topological polar surface area (TPSA) is 113 Å². The number of benzene rings is 1. The Bertz CT molecular complexity index is 694. The molecule has 0 heterocycles. The van der Waals surface area contributed by atoms with Crippen molar-refractivity contribution in [3.05, 3.63) is 24.3 Å². The summed E-state index contributed by atoms with van der Waals surface area (Å²) in [6, 6.07) is 6.55. The van der Waals surface area contributed by atoms with Crippen LogP contribution in [0.4, 0.5) is 11.4 Å². The van der Waals surface area contributed by atoms with E-state index >= 15 is 0 Å². The molecule has 1 aliphatic rings. The number of carboxylic acid groups (broad SMARTS) is 1. The standard InChI is InChI=1S/C15H20N2O5S/c1-23(21,22)17-13-5-3-2-4-12(13)16-14(18)10-6-8-11(9-7-10)15(19)20/h2-5,10-11,17H,6-9H2,1H3,(H,16,18)(H,19,20). The van der Waals surface area contributed by atoms with E-state index in [2.05, 4.69) is 10.0 Å². The molecular formula is C15H20N2O5S. The van der Waals surface area contributed by atoms with Crippen molar-refractivity contribution < 1.29 is 23.1 Å². The molecule has 0 radical (unpaired) electrons. The molecule has 1 aromatic carbocycles. The molecule has 0 unspecified atom stereocenters. The van der Waals surface area contributed by atoms with Crippen LogP contribution in [-0.4, -0.2) is 31.7 Å². The van der Waals surface area contributed by atoms with Crippen molar-refractivity contribution in [1.29, 1.82) is 0 Å². The number of para-hydroxylation sites is 2. The van der Waals surface area contributed by atoms with Gasteiger partial charge in [0.15, 0.2) is 0 Å². The zero-order valence-electron chi connectivity index (χ0n) is 12.8. The molecule has 23 heavy (non-hydrogen) atoms. The first-order chi connectivity index (χ1) is 10.8. The summed E-state index contributed by atoms with van der Waals surface area (Å²) in [5, 5.41) is 11.7. The maximum absolute atomic E-state index is 12.3. The van der Waals surface area contributed by atoms with Gasteiger partial charge in [0.1, 0.15) is 0 Å². The number of rotatable bonds is 5. The molecule has 126 valence electrons. The highest BCUT2D eigenvalue weighted by atomic mass is 32.2. The summed E-state index contributed by atoms with van der Waals surface area (Å²) in [4.78, 5) is 23.3. The minimum atomic E-state index is -3.44. The van der Waals surface area contributed by atoms with Crippen LogP contribution in [0.1, 0.15) is 25.7 Å². The van der Waals surface area contributed by atoms with Crippen LogP contribution in [0.25, 0.3) is 0 Å². The summed E-state index contributed by atoms with van der Waals surface area (Å²) in [5.74, 6) is -1.65. The van der Waals surface area contributed by atoms with Gasteiger partial charge in [0.25, 0.3) is 0 Å². The van der Waals surface area contributed by atoms with Crippen LogP contribution >= 0.6 is 0 Å². The number of aliphatic carboxylic acids is 1. The molecule has 1 saturated carbocycles. The number of amides is 1. The number of nitrogens with one attached hydrogen (secondary N) is 2. The second-order valence-corrected chi connectivity index (χ2v) is 7.54. The zero-order valence-corrected chi connectivity index (χ0v) is 13.6. The van der Waals surface area contributed by atoms with Gasteiger partial charge < -0.3 is 10.4 Å². The van der Waals surface area contributed by atoms with Crippen LogP contribution in [0.5, 0.6) is 0 Å². The Hall–Kier alpha value is -2.09. The van der Waals surface area contributed by atoms with Crippen LogP contribution in [0.3, 0.4) is 0 Å². The Morgan fingerprint density at radius 1 is 1.04 bits per heavy atom. The lowest BCUT2D eigenvalue weighted by Crippen LogP contribution is -2.29. The van der Waals surface area contributed by atoms with Crippen LogP contribution in [0.2, 0.25) is 0 Å². The largest absolute Gasteiger partial charge is 0.481 e. The van der Waals surface area contributed by atoms with E-state index < -0.39 is 16.0 Å². The quantitative estimate of drug-likeness (QED) is 0.757. The van der Waals surface area contributed by atoms with Crippen molar-refractivity contribution in [2.45, 2.75) is 25.7 Å². The van der Waals surface area contributed by atoms with Gasteiger partial charge in [-0.2, -0.15) is 0 Å². The molecule has 2 rings (SSSR count). The summed E-state index contributed by atoms with van der Waals surface area (Å²) >= 11 is 0. The first kappa shape index (κ1) is 17.3. The van der Waals surface area contributed by atoms with E-state index in [0.29, 0.717) is 37.1 Å². The Kier molecular flexibility index (Phi) is 5.25. The van der Waals surface area contributed by atoms with Gasteiger partial charge in [-0.25, -0.2) is 8.42 Å². The predicted molar refractivity (Wildman–Crippen MR) is 86.6 cm³/mol. The van der Waals surface area contributed by atoms with Gasteiger partial charge in [-0.1, -0.05) is 12.1 Å². The number of carbonyl (C=O) groups excluding carboxylic acids is 1. The van der Waals surface area contributed by atoms with E-state index in [1.54, 1.807) is 24.3 Å². The van der Waals surface area contributed by atoms with Gasteiger partial charge in [-0.15, -0.1) is 0 Å². The summed E-state index contributed by atoms with van der Waals surface area (Å²) in [6.45, 7) is 0. The number of carboxylic acids is 1. The first-order valence-corrected chi connectivity index (χ1v) is 9.26. The summed E-state index contributed by atoms with van der Waals surface area (Å²) in [5.41, 5.74) is 0.700. The number of anilines is 2. The fourth-order valence-electron chi connectivity index (χ4n) is 2.72. The Morgan fingerprint density at radius 3 is 2.09 bits per heavy atom. The highest BCUT2D eigenvalue weighted by molar-refractivity contribution is 7.92. The lowest BCUT2D eigenvalue weighted by atomic mass is 9.81. The molecule has 3 N–H and O–H groups in total. The fourth-order valence-corrected chi connectivity index (χ4v) is 3.30. The SMILES string of the molecule is CS(=O)(=O)Nc1ccccc1NC(=O)C1CCC(C(=O)O)CC1. The van der Waals surface area contributed by atoms with Gasteiger partial charge in [-0.3, -0.25) is 14.3 Å². The third-order valence-corrected chi connectivity index (χ3v) is 4.52. The average Bonchev–Trinajstić information content (AvgIpc) is 2.48. The molecule has 0 spiro atoms. The highest BCUT2D eigenvalue weighted by Crippen LogP contribution is 2.31. The summed E-state index contributed by atoms with van der Waals surface area (Å²) < 4.78 is 25.1. The molecule has 0 aliphatic heterocycles. The molecule has 1 aromatic rings. The van der Waals surface area contributed by atoms with E-state index in [-0.39, 0.29) is 17.7 Å². The third kappa shape index (κ3) is 4.95. The molecule has 0 saturated heterocycles. The van der Waals surface area contributed by atoms with Crippen LogP contribution in [0.15, 0.2) is 24.3 Å². The maximum Gasteiger partial charge on any atom is 0.306 e. The zero-order chi connectivity index (χ0) is 17.0. The van der Waals surface area contributed by atoms with Crippen molar-refractivity contribution in [3.63, 3.8) is 0 Å². The van der Waals surface area contributed by atoms with Gasteiger partial charge in [-0.05, 0) is 37.8 Å². The molecule has 0 bridgehead atoms. The van der Waals surface area contributed by atoms with E-state index in [1.807, 2.05) is 0 Å². The Balaban J connectivity index is 2.03. The molecule has 0 aromatic heterocycles. The van der Waals surface area contributed by atoms with E-state index in [0.717, 1.165) is 6.26 Å². The van der Waals surface area contributed by atoms with Crippen molar-refractivity contribution in [3.8, 4) is 0 Å². The molecule has 8 heteroatoms. The second kappa shape index (κ2) is 6.99. The monoisotopic (exact) mass is 340 g/mol. The number of hydrogen-bond acceptors (Lipinski definition) is 4. The van der Waals surface area contributed by atoms with Crippen molar-refractivity contribution in [2.24, 2.45) is 11.8 Å². The van der Waals surface area contributed by atoms with Gasteiger partial charge in [0.2, 0.25) is 15.9 Å². The van der Waals surface area contributed by atoms with Crippen LogP contribution in [-0.2, 0) is 19.6 Å². The lowest BCUT2D eigenvalue weighted by Gasteiger charge is -2.25. The smallest absolute Gasteiger partial charge is 0.306 e. The van der Waals surface area contributed by atoms with Gasteiger partial charge in [0.05, 0.1) is 23.5 Å². The normalized spacial score (nSPS) is 21.4. The minimum Gasteiger partial charge on any atom is -0.481 e. The maximum atomic E-state index is 12.3. The molecule has 1 amide bonds. The van der Waals surface area contributed by atoms with Gasteiger partial charge in [0, 0.05) is 5.92 Å². The van der Waals surface area contributed by atoms with E-state index in [9.17, 15) is 18.0 Å². The molecule has 1 aliphatic carbocycles. The van der Waals surface area contributed by atoms with Crippen molar-refractivity contribution >= 4 is 33.3 Å². The van der Waals surface area contributed by atoms with Crippen LogP contribution in [0, 0.1) is 11.8 Å². The molecular weight excluding hydrogens is 320 g/mol. The number of carbonyl (C=O) groups is 2. The number of hydrogen-bond donors (Lipinski definition) is 3. The summed E-state index contributed by atoms with van der Waals surface area (Å²) in [6.07, 6.45) is 3.04. The fraction of sp³-hybridized carbons (Fsp3) is 0.467. The van der Waals surface area contributed by atoms with Crippen molar-refractivity contribution in [2.75, 3.05) is 16.3 Å². The van der Waals surface area contributed by atoms with Gasteiger partial charge >= 0.3 is 5.97 Å². The second-order valence-electron chi connectivity index (χ2n) is 5.80. The Morgan fingerprint density at radius 2 is 1.57 bits per heavy atom. The molecule has 0 atom stereocenters. The first-order valence-electron chi connectivity index (χ1n) is 7.37.